The number of nitrogens with zero attached hydrogens (tertiary/aromatic N) is 1. The van der Waals surface area contributed by atoms with Crippen molar-refractivity contribution in [3.05, 3.63) is 16.6 Å². The predicted octanol–water partition coefficient (Wildman–Crippen LogP) is 1.16. The second kappa shape index (κ2) is 2.94. The number of nitrogens with two attached hydrogens (primary N) is 1. The first-order valence-electron chi connectivity index (χ1n) is 3.01. The molecule has 0 aliphatic carbocycles. The molecule has 1 aromatic heterocycles. The molecule has 0 atom stereocenters. The van der Waals surface area contributed by atoms with Crippen LogP contribution in [0.25, 0.3) is 0 Å². The number of hydrogen-bond acceptors (Lipinski definition) is 3. The van der Waals surface area contributed by atoms with Gasteiger partial charge in [0.1, 0.15) is 0 Å². The Hall–Kier alpha value is -0.410. The normalized spacial score (nSPS) is 10.0. The summed E-state index contributed by atoms with van der Waals surface area (Å²) >= 11 is 1.54. The first-order chi connectivity index (χ1) is 4.38. The summed E-state index contributed by atoms with van der Waals surface area (Å²) in [5.41, 5.74) is 6.63. The molecule has 0 radical (unpaired) electrons. The second-order valence-corrected chi connectivity index (χ2v) is 2.72. The molecule has 0 saturated heterocycles. The highest BCUT2D eigenvalue weighted by Crippen LogP contribution is 2.12. The molecule has 0 bridgehead atoms. The van der Waals surface area contributed by atoms with Gasteiger partial charge in [0.2, 0.25) is 0 Å². The van der Waals surface area contributed by atoms with E-state index >= 15 is 0 Å². The Bertz CT molecular complexity index is 164. The van der Waals surface area contributed by atoms with Crippen molar-refractivity contribution < 1.29 is 0 Å². The molecule has 9 heavy (non-hydrogen) atoms. The van der Waals surface area contributed by atoms with E-state index in [1.165, 1.54) is 10.4 Å². The molecule has 3 heteroatoms. The van der Waals surface area contributed by atoms with E-state index in [9.17, 15) is 0 Å². The van der Waals surface area contributed by atoms with E-state index in [0.29, 0.717) is 6.54 Å². The third kappa shape index (κ3) is 1.28. The van der Waals surface area contributed by atoms with Gasteiger partial charge < -0.3 is 5.73 Å². The Morgan fingerprint density at radius 1 is 1.78 bits per heavy atom. The van der Waals surface area contributed by atoms with Crippen molar-refractivity contribution in [3.63, 3.8) is 0 Å². The van der Waals surface area contributed by atoms with Crippen LogP contribution in [-0.2, 0) is 13.0 Å². The molecule has 1 rings (SSSR count). The van der Waals surface area contributed by atoms with Gasteiger partial charge in [0.25, 0.3) is 0 Å². The van der Waals surface area contributed by atoms with Gasteiger partial charge in [-0.3, -0.25) is 0 Å². The largest absolute Gasteiger partial charge is 0.326 e. The molecule has 0 unspecified atom stereocenters. The van der Waals surface area contributed by atoms with E-state index in [1.54, 1.807) is 11.5 Å². The lowest BCUT2D eigenvalue weighted by Crippen LogP contribution is -1.96. The van der Waals surface area contributed by atoms with Crippen molar-refractivity contribution in [2.45, 2.75) is 19.9 Å². The van der Waals surface area contributed by atoms with Crippen LogP contribution < -0.4 is 5.73 Å². The van der Waals surface area contributed by atoms with Crippen molar-refractivity contribution in [3.8, 4) is 0 Å². The predicted molar refractivity (Wildman–Crippen MR) is 39.4 cm³/mol. The highest BCUT2D eigenvalue weighted by Gasteiger charge is 1.98. The van der Waals surface area contributed by atoms with E-state index < -0.39 is 0 Å². The quantitative estimate of drug-likeness (QED) is 0.673. The molecule has 0 spiro atoms. The van der Waals surface area contributed by atoms with Crippen LogP contribution in [-0.4, -0.2) is 4.37 Å². The van der Waals surface area contributed by atoms with Crippen LogP contribution in [0, 0.1) is 0 Å². The molecule has 0 aliphatic heterocycles. The van der Waals surface area contributed by atoms with Gasteiger partial charge in [-0.05, 0) is 23.5 Å². The number of hydrogen-bond donors (Lipinski definition) is 1. The zero-order valence-electron chi connectivity index (χ0n) is 5.42. The monoisotopic (exact) mass is 142 g/mol. The maximum atomic E-state index is 5.44. The Kier molecular flexibility index (Phi) is 2.19. The van der Waals surface area contributed by atoms with Gasteiger partial charge in [0.15, 0.2) is 0 Å². The molecular formula is C6H10N2S. The molecular weight excluding hydrogens is 132 g/mol. The highest BCUT2D eigenvalue weighted by molar-refractivity contribution is 7.05. The van der Waals surface area contributed by atoms with E-state index in [4.69, 9.17) is 5.73 Å². The average molecular weight is 142 g/mol. The van der Waals surface area contributed by atoms with Crippen LogP contribution in [0.15, 0.2) is 6.20 Å². The average Bonchev–Trinajstić information content (AvgIpc) is 2.33. The van der Waals surface area contributed by atoms with Crippen LogP contribution >= 0.6 is 11.5 Å². The van der Waals surface area contributed by atoms with Crippen molar-refractivity contribution in [2.75, 3.05) is 0 Å². The van der Waals surface area contributed by atoms with Crippen molar-refractivity contribution in [2.24, 2.45) is 5.73 Å². The van der Waals surface area contributed by atoms with Gasteiger partial charge in [0.05, 0.1) is 0 Å². The van der Waals surface area contributed by atoms with Gasteiger partial charge in [-0.15, -0.1) is 0 Å². The lowest BCUT2D eigenvalue weighted by atomic mass is 10.2. The van der Waals surface area contributed by atoms with Crippen molar-refractivity contribution in [1.29, 1.82) is 0 Å². The third-order valence-corrected chi connectivity index (χ3v) is 2.25. The maximum absolute atomic E-state index is 5.44. The minimum absolute atomic E-state index is 0.625. The van der Waals surface area contributed by atoms with Crippen molar-refractivity contribution >= 4 is 11.5 Å². The third-order valence-electron chi connectivity index (χ3n) is 1.27. The molecule has 0 saturated carbocycles. The smallest absolute Gasteiger partial charge is 0.0454 e. The lowest BCUT2D eigenvalue weighted by molar-refractivity contribution is 1.03. The van der Waals surface area contributed by atoms with Crippen LogP contribution in [0.5, 0.6) is 0 Å². The van der Waals surface area contributed by atoms with Gasteiger partial charge in [-0.2, -0.15) is 0 Å². The fourth-order valence-corrected chi connectivity index (χ4v) is 1.43. The fraction of sp³-hybridized carbons (Fsp3) is 0.500. The Labute approximate surface area is 58.9 Å². The summed E-state index contributed by atoms with van der Waals surface area (Å²) in [5.74, 6) is 0. The lowest BCUT2D eigenvalue weighted by Gasteiger charge is -1.91. The summed E-state index contributed by atoms with van der Waals surface area (Å²) in [6.45, 7) is 2.74. The summed E-state index contributed by atoms with van der Waals surface area (Å²) in [7, 11) is 0. The summed E-state index contributed by atoms with van der Waals surface area (Å²) in [4.78, 5) is 1.32. The zero-order valence-corrected chi connectivity index (χ0v) is 6.24. The number of aryl methyl sites for hydroxylation is 1. The highest BCUT2D eigenvalue weighted by atomic mass is 32.1. The Balaban J connectivity index is 2.85. The second-order valence-electron chi connectivity index (χ2n) is 1.83. The van der Waals surface area contributed by atoms with E-state index in [-0.39, 0.29) is 0 Å². The first kappa shape index (κ1) is 6.71. The molecule has 1 aromatic rings. The molecule has 50 valence electrons. The Morgan fingerprint density at radius 3 is 3.00 bits per heavy atom. The molecule has 1 heterocycles. The van der Waals surface area contributed by atoms with E-state index in [2.05, 4.69) is 11.3 Å². The van der Waals surface area contributed by atoms with Crippen LogP contribution in [0.2, 0.25) is 0 Å². The summed E-state index contributed by atoms with van der Waals surface area (Å²) < 4.78 is 4.03. The fourth-order valence-electron chi connectivity index (χ4n) is 0.742. The molecule has 2 nitrogen and oxygen atoms in total. The van der Waals surface area contributed by atoms with Gasteiger partial charge in [-0.1, -0.05) is 6.92 Å². The molecule has 2 N–H and O–H groups in total. The molecule has 0 amide bonds. The molecule has 0 aliphatic rings. The van der Waals surface area contributed by atoms with Gasteiger partial charge in [-0.25, -0.2) is 4.37 Å². The van der Waals surface area contributed by atoms with E-state index in [1.807, 2.05) is 6.20 Å². The number of rotatable bonds is 2. The van der Waals surface area contributed by atoms with Gasteiger partial charge >= 0.3 is 0 Å². The van der Waals surface area contributed by atoms with Crippen LogP contribution in [0.1, 0.15) is 17.4 Å². The Morgan fingerprint density at radius 2 is 2.56 bits per heavy atom. The summed E-state index contributed by atoms with van der Waals surface area (Å²) in [6, 6.07) is 0. The van der Waals surface area contributed by atoms with Crippen molar-refractivity contribution in [1.82, 2.24) is 4.37 Å². The summed E-state index contributed by atoms with van der Waals surface area (Å²) in [6.07, 6.45) is 2.90. The minimum atomic E-state index is 0.625. The van der Waals surface area contributed by atoms with Crippen LogP contribution in [0.3, 0.4) is 0 Å². The zero-order chi connectivity index (χ0) is 6.69. The SMILES string of the molecule is CCc1sncc1CN. The van der Waals surface area contributed by atoms with Crippen LogP contribution in [0.4, 0.5) is 0 Å². The number of aromatic nitrogens is 1. The molecule has 0 fully saturated rings. The topological polar surface area (TPSA) is 38.9 Å². The first-order valence-corrected chi connectivity index (χ1v) is 3.78. The standard InChI is InChI=1S/C6H10N2S/c1-2-6-5(3-7)4-8-9-6/h4H,2-3,7H2,1H3. The van der Waals surface area contributed by atoms with E-state index in [0.717, 1.165) is 6.42 Å². The summed E-state index contributed by atoms with van der Waals surface area (Å²) in [5, 5.41) is 0. The minimum Gasteiger partial charge on any atom is -0.326 e. The van der Waals surface area contributed by atoms with Gasteiger partial charge in [0, 0.05) is 17.6 Å². The maximum Gasteiger partial charge on any atom is 0.0454 e. The molecule has 0 aromatic carbocycles.